The highest BCUT2D eigenvalue weighted by Gasteiger charge is 2.35. The number of aliphatic carboxylic acids is 1. The molecule has 0 saturated carbocycles. The van der Waals surface area contributed by atoms with Gasteiger partial charge in [-0.3, -0.25) is 4.79 Å². The summed E-state index contributed by atoms with van der Waals surface area (Å²) >= 11 is 1.28. The van der Waals surface area contributed by atoms with Crippen molar-refractivity contribution in [3.8, 4) is 0 Å². The quantitative estimate of drug-likeness (QED) is 0.840. The SMILES string of the molecule is CCC(CC)(CNc1nc(C(C)(C)C)ns1)C(=O)O. The summed E-state index contributed by atoms with van der Waals surface area (Å²) in [5.41, 5.74) is -0.816. The molecule has 19 heavy (non-hydrogen) atoms. The third-order valence-electron chi connectivity index (χ3n) is 3.48. The first-order chi connectivity index (χ1) is 8.75. The van der Waals surface area contributed by atoms with Crippen molar-refractivity contribution < 1.29 is 9.90 Å². The highest BCUT2D eigenvalue weighted by Crippen LogP contribution is 2.28. The summed E-state index contributed by atoms with van der Waals surface area (Å²) in [6.07, 6.45) is 1.19. The molecule has 0 spiro atoms. The highest BCUT2D eigenvalue weighted by molar-refractivity contribution is 7.09. The molecule has 1 rings (SSSR count). The van der Waals surface area contributed by atoms with Crippen LogP contribution in [-0.4, -0.2) is 27.0 Å². The predicted octanol–water partition coefficient (Wildman–Crippen LogP) is 3.14. The molecule has 1 aromatic rings. The Morgan fingerprint density at radius 3 is 2.26 bits per heavy atom. The van der Waals surface area contributed by atoms with E-state index in [0.29, 0.717) is 24.5 Å². The molecular formula is C13H23N3O2S. The minimum atomic E-state index is -0.759. The number of carboxylic acids is 1. The van der Waals surface area contributed by atoms with E-state index in [9.17, 15) is 9.90 Å². The molecule has 0 aliphatic heterocycles. The molecule has 0 aliphatic rings. The first kappa shape index (κ1) is 15.9. The van der Waals surface area contributed by atoms with Crippen LogP contribution in [0.15, 0.2) is 0 Å². The van der Waals surface area contributed by atoms with Crippen LogP contribution in [0.25, 0.3) is 0 Å². The molecule has 1 heterocycles. The van der Waals surface area contributed by atoms with Crippen molar-refractivity contribution in [1.29, 1.82) is 0 Å². The van der Waals surface area contributed by atoms with Gasteiger partial charge in [-0.1, -0.05) is 34.6 Å². The molecule has 0 bridgehead atoms. The standard InChI is InChI=1S/C13H23N3O2S/c1-6-13(7-2,10(17)18)8-14-11-15-9(16-19-11)12(3,4)5/h6-8H2,1-5H3,(H,17,18)(H,14,15,16). The number of nitrogens with zero attached hydrogens (tertiary/aromatic N) is 2. The lowest BCUT2D eigenvalue weighted by molar-refractivity contribution is -0.148. The smallest absolute Gasteiger partial charge is 0.311 e. The van der Waals surface area contributed by atoms with E-state index in [1.165, 1.54) is 11.5 Å². The molecule has 1 aromatic heterocycles. The zero-order valence-corrected chi connectivity index (χ0v) is 13.1. The second kappa shape index (κ2) is 5.86. The van der Waals surface area contributed by atoms with Crippen LogP contribution < -0.4 is 5.32 Å². The summed E-state index contributed by atoms with van der Waals surface area (Å²) in [5, 5.41) is 13.2. The second-order valence-electron chi connectivity index (χ2n) is 5.82. The lowest BCUT2D eigenvalue weighted by Gasteiger charge is -2.26. The minimum absolute atomic E-state index is 0.0875. The van der Waals surface area contributed by atoms with Crippen LogP contribution >= 0.6 is 11.5 Å². The van der Waals surface area contributed by atoms with Gasteiger partial charge in [0.05, 0.1) is 5.41 Å². The van der Waals surface area contributed by atoms with Gasteiger partial charge in [0.1, 0.15) is 5.82 Å². The van der Waals surface area contributed by atoms with Crippen LogP contribution in [0.4, 0.5) is 5.13 Å². The van der Waals surface area contributed by atoms with Crippen LogP contribution in [0, 0.1) is 5.41 Å². The highest BCUT2D eigenvalue weighted by atomic mass is 32.1. The molecular weight excluding hydrogens is 262 g/mol. The molecule has 0 fully saturated rings. The Labute approximate surface area is 118 Å². The van der Waals surface area contributed by atoms with E-state index in [4.69, 9.17) is 0 Å². The Balaban J connectivity index is 2.76. The third-order valence-corrected chi connectivity index (χ3v) is 4.15. The van der Waals surface area contributed by atoms with E-state index in [1.807, 2.05) is 13.8 Å². The van der Waals surface area contributed by atoms with Gasteiger partial charge in [0.15, 0.2) is 0 Å². The fourth-order valence-corrected chi connectivity index (χ4v) is 2.47. The van der Waals surface area contributed by atoms with Gasteiger partial charge < -0.3 is 10.4 Å². The molecule has 0 radical (unpaired) electrons. The van der Waals surface area contributed by atoms with E-state index >= 15 is 0 Å². The molecule has 0 aromatic carbocycles. The van der Waals surface area contributed by atoms with E-state index < -0.39 is 11.4 Å². The van der Waals surface area contributed by atoms with Gasteiger partial charge in [0.25, 0.3) is 0 Å². The lowest BCUT2D eigenvalue weighted by Crippen LogP contribution is -2.36. The zero-order valence-electron chi connectivity index (χ0n) is 12.3. The fourth-order valence-electron chi connectivity index (χ4n) is 1.72. The van der Waals surface area contributed by atoms with E-state index in [0.717, 1.165) is 5.82 Å². The number of carbonyl (C=O) groups is 1. The molecule has 2 N–H and O–H groups in total. The van der Waals surface area contributed by atoms with Crippen LogP contribution in [0.1, 0.15) is 53.3 Å². The number of nitrogens with one attached hydrogen (secondary N) is 1. The van der Waals surface area contributed by atoms with E-state index in [2.05, 4.69) is 35.4 Å². The molecule has 0 aliphatic carbocycles. The minimum Gasteiger partial charge on any atom is -0.481 e. The van der Waals surface area contributed by atoms with Gasteiger partial charge >= 0.3 is 5.97 Å². The molecule has 0 atom stereocenters. The van der Waals surface area contributed by atoms with Crippen molar-refractivity contribution >= 4 is 22.6 Å². The van der Waals surface area contributed by atoms with Gasteiger partial charge in [0, 0.05) is 23.5 Å². The second-order valence-corrected chi connectivity index (χ2v) is 6.57. The number of hydrogen-bond acceptors (Lipinski definition) is 5. The maximum Gasteiger partial charge on any atom is 0.311 e. The zero-order chi connectivity index (χ0) is 14.7. The van der Waals surface area contributed by atoms with Crippen molar-refractivity contribution in [1.82, 2.24) is 9.36 Å². The molecule has 0 unspecified atom stereocenters. The summed E-state index contributed by atoms with van der Waals surface area (Å²) in [6, 6.07) is 0. The Bertz CT molecular complexity index is 433. The average molecular weight is 285 g/mol. The van der Waals surface area contributed by atoms with Gasteiger partial charge in [-0.15, -0.1) is 0 Å². The average Bonchev–Trinajstić information content (AvgIpc) is 2.79. The Kier molecular flexibility index (Phi) is 4.90. The van der Waals surface area contributed by atoms with E-state index in [-0.39, 0.29) is 5.41 Å². The maximum atomic E-state index is 11.4. The Hall–Kier alpha value is -1.17. The van der Waals surface area contributed by atoms with Crippen molar-refractivity contribution in [2.75, 3.05) is 11.9 Å². The Morgan fingerprint density at radius 2 is 1.89 bits per heavy atom. The number of hydrogen-bond donors (Lipinski definition) is 2. The van der Waals surface area contributed by atoms with Crippen molar-refractivity contribution in [3.63, 3.8) is 0 Å². The van der Waals surface area contributed by atoms with E-state index in [1.54, 1.807) is 0 Å². The number of anilines is 1. The van der Waals surface area contributed by atoms with Crippen LogP contribution in [0.3, 0.4) is 0 Å². The van der Waals surface area contributed by atoms with Crippen molar-refractivity contribution in [3.05, 3.63) is 5.82 Å². The lowest BCUT2D eigenvalue weighted by atomic mass is 9.82. The molecule has 108 valence electrons. The first-order valence-electron chi connectivity index (χ1n) is 6.56. The van der Waals surface area contributed by atoms with Crippen molar-refractivity contribution in [2.45, 2.75) is 52.9 Å². The van der Waals surface area contributed by atoms with Crippen molar-refractivity contribution in [2.24, 2.45) is 5.41 Å². The summed E-state index contributed by atoms with van der Waals surface area (Å²) in [4.78, 5) is 15.8. The summed E-state index contributed by atoms with van der Waals surface area (Å²) in [5.74, 6) is 0.0273. The third kappa shape index (κ3) is 3.65. The van der Waals surface area contributed by atoms with Crippen LogP contribution in [0.2, 0.25) is 0 Å². The monoisotopic (exact) mass is 285 g/mol. The molecule has 5 nitrogen and oxygen atoms in total. The normalized spacial score (nSPS) is 12.5. The number of aromatic nitrogens is 2. The summed E-state index contributed by atoms with van der Waals surface area (Å²) in [7, 11) is 0. The Morgan fingerprint density at radius 1 is 1.32 bits per heavy atom. The van der Waals surface area contributed by atoms with Crippen LogP contribution in [-0.2, 0) is 10.2 Å². The number of rotatable bonds is 6. The molecule has 0 amide bonds. The summed E-state index contributed by atoms with van der Waals surface area (Å²) in [6.45, 7) is 10.4. The molecule has 6 heteroatoms. The predicted molar refractivity (Wildman–Crippen MR) is 77.7 cm³/mol. The molecule has 0 saturated heterocycles. The fraction of sp³-hybridized carbons (Fsp3) is 0.769. The van der Waals surface area contributed by atoms with Crippen LogP contribution in [0.5, 0.6) is 0 Å². The van der Waals surface area contributed by atoms with Gasteiger partial charge in [-0.25, -0.2) is 4.98 Å². The first-order valence-corrected chi connectivity index (χ1v) is 7.34. The largest absolute Gasteiger partial charge is 0.481 e. The van der Waals surface area contributed by atoms with Gasteiger partial charge in [0.2, 0.25) is 5.13 Å². The number of carboxylic acid groups (broad SMARTS) is 1. The summed E-state index contributed by atoms with van der Waals surface area (Å²) < 4.78 is 4.31. The maximum absolute atomic E-state index is 11.4. The van der Waals surface area contributed by atoms with Gasteiger partial charge in [-0.2, -0.15) is 4.37 Å². The van der Waals surface area contributed by atoms with Gasteiger partial charge in [-0.05, 0) is 12.8 Å². The topological polar surface area (TPSA) is 75.1 Å².